The molecular weight excluding hydrogens is 274 g/mol. The van der Waals surface area contributed by atoms with Gasteiger partial charge in [0, 0.05) is 0 Å². The van der Waals surface area contributed by atoms with E-state index in [2.05, 4.69) is 4.74 Å². The monoisotopic (exact) mass is 287 g/mol. The number of aromatic nitrogens is 1. The first-order valence-electron chi connectivity index (χ1n) is 5.70. The van der Waals surface area contributed by atoms with Gasteiger partial charge in [0.25, 0.3) is 10.8 Å². The Hall–Kier alpha value is -1.82. The van der Waals surface area contributed by atoms with Crippen LogP contribution < -0.4 is 10.4 Å². The van der Waals surface area contributed by atoms with E-state index >= 15 is 0 Å². The normalized spacial score (nSPS) is 10.1. The Bertz CT molecular complexity index is 537. The van der Waals surface area contributed by atoms with Gasteiger partial charge in [-0.2, -0.15) is 0 Å². The van der Waals surface area contributed by atoms with E-state index in [-0.39, 0.29) is 17.9 Å². The van der Waals surface area contributed by atoms with E-state index in [4.69, 9.17) is 16.4 Å². The van der Waals surface area contributed by atoms with Crippen molar-refractivity contribution in [2.45, 2.75) is 19.8 Å². The summed E-state index contributed by atoms with van der Waals surface area (Å²) in [5, 5.41) is -0.843. The molecule has 6 nitrogen and oxygen atoms in total. The van der Waals surface area contributed by atoms with E-state index < -0.39 is 16.8 Å². The van der Waals surface area contributed by atoms with Crippen molar-refractivity contribution in [3.63, 3.8) is 0 Å². The van der Waals surface area contributed by atoms with E-state index in [1.54, 1.807) is 0 Å². The van der Waals surface area contributed by atoms with Gasteiger partial charge in [-0.1, -0.05) is 13.3 Å². The molecule has 0 fully saturated rings. The molecule has 0 amide bonds. The number of methoxy groups -OCH3 is 1. The number of ether oxygens (including phenoxy) is 1. The molecular formula is C12H14ClNO5. The van der Waals surface area contributed by atoms with Crippen molar-refractivity contribution in [2.75, 3.05) is 13.7 Å². The molecule has 0 aliphatic heterocycles. The third-order valence-electron chi connectivity index (χ3n) is 2.37. The van der Waals surface area contributed by atoms with Crippen molar-refractivity contribution in [2.24, 2.45) is 0 Å². The van der Waals surface area contributed by atoms with E-state index in [1.165, 1.54) is 12.1 Å². The Balaban J connectivity index is 3.24. The summed E-state index contributed by atoms with van der Waals surface area (Å²) >= 11 is 5.36. The number of rotatable bonds is 6. The van der Waals surface area contributed by atoms with Crippen LogP contribution in [0.4, 0.5) is 0 Å². The van der Waals surface area contributed by atoms with Crippen molar-refractivity contribution in [1.82, 2.24) is 4.73 Å². The predicted octanol–water partition coefficient (Wildman–Crippen LogP) is 1.24. The molecule has 0 spiro atoms. The fourth-order valence-electron chi connectivity index (χ4n) is 1.36. The highest BCUT2D eigenvalue weighted by atomic mass is 35.5. The quantitative estimate of drug-likeness (QED) is 0.447. The topological polar surface area (TPSA) is 74.6 Å². The lowest BCUT2D eigenvalue weighted by molar-refractivity contribution is 0.0578. The van der Waals surface area contributed by atoms with Gasteiger partial charge in [0.15, 0.2) is 0 Å². The minimum absolute atomic E-state index is 0.129. The standard InChI is InChI=1S/C12H14ClNO5/c1-3-4-7-19-14-9(10(13)15)6-5-8(11(14)16)12(17)18-2/h5-6H,3-4,7H2,1-2H3. The minimum atomic E-state index is -0.843. The zero-order valence-electron chi connectivity index (χ0n) is 10.6. The number of halogens is 1. The molecule has 0 N–H and O–H groups in total. The van der Waals surface area contributed by atoms with E-state index in [0.29, 0.717) is 6.42 Å². The van der Waals surface area contributed by atoms with Crippen LogP contribution in [0.3, 0.4) is 0 Å². The van der Waals surface area contributed by atoms with Crippen LogP contribution in [-0.2, 0) is 4.74 Å². The molecule has 1 aromatic rings. The minimum Gasteiger partial charge on any atom is -0.465 e. The number of hydrogen-bond acceptors (Lipinski definition) is 5. The van der Waals surface area contributed by atoms with Crippen molar-refractivity contribution in [3.8, 4) is 0 Å². The van der Waals surface area contributed by atoms with Crippen molar-refractivity contribution in [1.29, 1.82) is 0 Å². The molecule has 0 unspecified atom stereocenters. The SMILES string of the molecule is CCCCOn1c(C(=O)Cl)ccc(C(=O)OC)c1=O. The average molecular weight is 288 g/mol. The molecule has 0 aliphatic carbocycles. The second kappa shape index (κ2) is 6.94. The van der Waals surface area contributed by atoms with Crippen LogP contribution in [0.15, 0.2) is 16.9 Å². The lowest BCUT2D eigenvalue weighted by atomic mass is 10.2. The summed E-state index contributed by atoms with van der Waals surface area (Å²) < 4.78 is 5.21. The van der Waals surface area contributed by atoms with Crippen LogP contribution in [0.25, 0.3) is 0 Å². The lowest BCUT2D eigenvalue weighted by Gasteiger charge is -2.12. The second-order valence-electron chi connectivity index (χ2n) is 3.68. The maximum Gasteiger partial charge on any atom is 0.343 e. The maximum atomic E-state index is 12.0. The van der Waals surface area contributed by atoms with Gasteiger partial charge in [0.1, 0.15) is 17.9 Å². The first kappa shape index (κ1) is 15.2. The summed E-state index contributed by atoms with van der Waals surface area (Å²) in [7, 11) is 1.16. The molecule has 1 aromatic heterocycles. The summed E-state index contributed by atoms with van der Waals surface area (Å²) in [6, 6.07) is 2.43. The zero-order chi connectivity index (χ0) is 14.4. The number of hydrogen-bond donors (Lipinski definition) is 0. The first-order valence-corrected chi connectivity index (χ1v) is 6.08. The smallest absolute Gasteiger partial charge is 0.343 e. The third kappa shape index (κ3) is 3.57. The van der Waals surface area contributed by atoms with Crippen LogP contribution in [0.2, 0.25) is 0 Å². The molecule has 7 heteroatoms. The maximum absolute atomic E-state index is 12.0. The van der Waals surface area contributed by atoms with Crippen LogP contribution in [-0.4, -0.2) is 29.7 Å². The molecule has 0 atom stereocenters. The molecule has 1 heterocycles. The van der Waals surface area contributed by atoms with Gasteiger partial charge in [0.2, 0.25) is 0 Å². The van der Waals surface area contributed by atoms with Crippen molar-refractivity contribution >= 4 is 22.8 Å². The van der Waals surface area contributed by atoms with E-state index in [9.17, 15) is 14.4 Å². The van der Waals surface area contributed by atoms with Crippen molar-refractivity contribution in [3.05, 3.63) is 33.7 Å². The summed E-state index contributed by atoms with van der Waals surface area (Å²) in [4.78, 5) is 39.8. The first-order chi connectivity index (χ1) is 9.02. The highest BCUT2D eigenvalue weighted by Crippen LogP contribution is 2.04. The Labute approximate surface area is 114 Å². The molecule has 0 saturated carbocycles. The Morgan fingerprint density at radius 1 is 1.37 bits per heavy atom. The molecule has 0 radical (unpaired) electrons. The Morgan fingerprint density at radius 3 is 2.58 bits per heavy atom. The zero-order valence-corrected chi connectivity index (χ0v) is 11.4. The average Bonchev–Trinajstić information content (AvgIpc) is 2.39. The van der Waals surface area contributed by atoms with Gasteiger partial charge in [-0.3, -0.25) is 9.59 Å². The molecule has 104 valence electrons. The third-order valence-corrected chi connectivity index (χ3v) is 2.56. The number of carbonyl (C=O) groups excluding carboxylic acids is 2. The summed E-state index contributed by atoms with van der Waals surface area (Å²) in [6.07, 6.45) is 1.56. The number of unbranched alkanes of at least 4 members (excludes halogenated alkanes) is 1. The van der Waals surface area contributed by atoms with Crippen LogP contribution in [0.5, 0.6) is 0 Å². The fraction of sp³-hybridized carbons (Fsp3) is 0.417. The highest BCUT2D eigenvalue weighted by Gasteiger charge is 2.19. The fourth-order valence-corrected chi connectivity index (χ4v) is 1.50. The van der Waals surface area contributed by atoms with Gasteiger partial charge in [-0.05, 0) is 30.2 Å². The van der Waals surface area contributed by atoms with Gasteiger partial charge in [0.05, 0.1) is 7.11 Å². The largest absolute Gasteiger partial charge is 0.465 e. The summed E-state index contributed by atoms with van der Waals surface area (Å²) in [5.74, 6) is -0.800. The van der Waals surface area contributed by atoms with Crippen molar-refractivity contribution < 1.29 is 19.2 Å². The van der Waals surface area contributed by atoms with Crippen LogP contribution in [0.1, 0.15) is 40.6 Å². The van der Waals surface area contributed by atoms with E-state index in [0.717, 1.165) is 18.3 Å². The van der Waals surface area contributed by atoms with Crippen LogP contribution >= 0.6 is 11.6 Å². The molecule has 0 aromatic carbocycles. The number of nitrogens with zero attached hydrogens (tertiary/aromatic N) is 1. The molecule has 0 bridgehead atoms. The predicted molar refractivity (Wildman–Crippen MR) is 68.6 cm³/mol. The molecule has 0 saturated heterocycles. The lowest BCUT2D eigenvalue weighted by Crippen LogP contribution is -2.35. The number of esters is 1. The second-order valence-corrected chi connectivity index (χ2v) is 4.03. The molecule has 1 rings (SSSR count). The highest BCUT2D eigenvalue weighted by molar-refractivity contribution is 6.67. The number of carbonyl (C=O) groups is 2. The van der Waals surface area contributed by atoms with Gasteiger partial charge < -0.3 is 9.57 Å². The molecule has 19 heavy (non-hydrogen) atoms. The van der Waals surface area contributed by atoms with Crippen LogP contribution in [0, 0.1) is 0 Å². The summed E-state index contributed by atoms with van der Waals surface area (Å²) in [6.45, 7) is 2.18. The summed E-state index contributed by atoms with van der Waals surface area (Å²) in [5.41, 5.74) is -1.12. The van der Waals surface area contributed by atoms with Gasteiger partial charge in [-0.15, -0.1) is 4.73 Å². The number of pyridine rings is 1. The van der Waals surface area contributed by atoms with Gasteiger partial charge >= 0.3 is 5.97 Å². The Morgan fingerprint density at radius 2 is 2.05 bits per heavy atom. The Kier molecular flexibility index (Phi) is 5.57. The molecule has 0 aliphatic rings. The van der Waals surface area contributed by atoms with E-state index in [1.807, 2.05) is 6.92 Å². The van der Waals surface area contributed by atoms with Gasteiger partial charge in [-0.25, -0.2) is 4.79 Å².